The van der Waals surface area contributed by atoms with Gasteiger partial charge in [-0.1, -0.05) is 67.8 Å². The summed E-state index contributed by atoms with van der Waals surface area (Å²) in [6, 6.07) is 19.0. The molecular formula is C29H30N4O4S. The van der Waals surface area contributed by atoms with Crippen molar-refractivity contribution in [2.45, 2.75) is 49.6 Å². The number of hydrogen-bond donors (Lipinski definition) is 2. The number of pyridine rings is 1. The number of ketones is 1. The van der Waals surface area contributed by atoms with Gasteiger partial charge < -0.3 is 5.32 Å². The number of sulfonamides is 1. The van der Waals surface area contributed by atoms with Crippen LogP contribution in [0.3, 0.4) is 0 Å². The van der Waals surface area contributed by atoms with Gasteiger partial charge in [0, 0.05) is 29.9 Å². The van der Waals surface area contributed by atoms with Crippen molar-refractivity contribution >= 4 is 33.1 Å². The summed E-state index contributed by atoms with van der Waals surface area (Å²) < 4.78 is 28.3. The van der Waals surface area contributed by atoms with E-state index in [1.54, 1.807) is 48.5 Å². The number of hydrogen-bond acceptors (Lipinski definition) is 6. The number of nitrogens with one attached hydrogen (secondary N) is 2. The third-order valence-corrected chi connectivity index (χ3v) is 8.55. The zero-order chi connectivity index (χ0) is 26.7. The molecule has 1 fully saturated rings. The summed E-state index contributed by atoms with van der Waals surface area (Å²) in [6.07, 6.45) is 7.75. The zero-order valence-corrected chi connectivity index (χ0v) is 22.0. The SMILES string of the molecule is CN(Cc1ccc(C(=O)C2=C(C(=O)Nc3ccccn3)NS(=O)(=O)c3ccccc32)cc1)C1CCCCC1. The molecule has 0 radical (unpaired) electrons. The number of rotatable bonds is 7. The summed E-state index contributed by atoms with van der Waals surface area (Å²) in [6.45, 7) is 0.780. The van der Waals surface area contributed by atoms with Gasteiger partial charge in [0.25, 0.3) is 15.9 Å². The maximum absolute atomic E-state index is 13.8. The minimum Gasteiger partial charge on any atom is -0.305 e. The van der Waals surface area contributed by atoms with Gasteiger partial charge in [0.2, 0.25) is 0 Å². The van der Waals surface area contributed by atoms with E-state index in [0.29, 0.717) is 11.6 Å². The average Bonchev–Trinajstić information content (AvgIpc) is 2.94. The number of fused-ring (bicyclic) bond motifs is 1. The molecule has 2 N–H and O–H groups in total. The number of carbonyl (C=O) groups excluding carboxylic acids is 2. The van der Waals surface area contributed by atoms with E-state index in [1.165, 1.54) is 44.4 Å². The molecule has 3 aromatic rings. The second kappa shape index (κ2) is 10.9. The minimum absolute atomic E-state index is 0.00377. The first-order valence-electron chi connectivity index (χ1n) is 12.8. The van der Waals surface area contributed by atoms with Crippen molar-refractivity contribution in [3.63, 3.8) is 0 Å². The lowest BCUT2D eigenvalue weighted by Gasteiger charge is -2.31. The molecule has 1 saturated carbocycles. The monoisotopic (exact) mass is 530 g/mol. The highest BCUT2D eigenvalue weighted by Gasteiger charge is 2.36. The highest BCUT2D eigenvalue weighted by Crippen LogP contribution is 2.33. The molecule has 0 bridgehead atoms. The lowest BCUT2D eigenvalue weighted by Crippen LogP contribution is -2.37. The third kappa shape index (κ3) is 5.39. The molecule has 0 atom stereocenters. The summed E-state index contributed by atoms with van der Waals surface area (Å²) in [5.41, 5.74) is 1.30. The van der Waals surface area contributed by atoms with Crippen LogP contribution in [0.4, 0.5) is 5.82 Å². The number of Topliss-reactive ketones (excluding diaryl/α,β-unsaturated/α-hetero) is 1. The van der Waals surface area contributed by atoms with Gasteiger partial charge in [-0.3, -0.25) is 19.2 Å². The molecule has 2 heterocycles. The number of nitrogens with zero attached hydrogens (tertiary/aromatic N) is 2. The summed E-state index contributed by atoms with van der Waals surface area (Å²) >= 11 is 0. The van der Waals surface area contributed by atoms with Gasteiger partial charge in [-0.2, -0.15) is 0 Å². The number of allylic oxidation sites excluding steroid dienone is 1. The predicted molar refractivity (Wildman–Crippen MR) is 146 cm³/mol. The molecule has 0 unspecified atom stereocenters. The van der Waals surface area contributed by atoms with Gasteiger partial charge in [0.1, 0.15) is 11.5 Å². The van der Waals surface area contributed by atoms with Crippen LogP contribution in [0, 0.1) is 0 Å². The minimum atomic E-state index is -4.06. The molecule has 1 aromatic heterocycles. The number of benzene rings is 2. The molecule has 8 nitrogen and oxygen atoms in total. The molecule has 1 aliphatic heterocycles. The van der Waals surface area contributed by atoms with Crippen LogP contribution in [-0.2, 0) is 21.4 Å². The van der Waals surface area contributed by atoms with Crippen molar-refractivity contribution < 1.29 is 18.0 Å². The second-order valence-electron chi connectivity index (χ2n) is 9.75. The van der Waals surface area contributed by atoms with E-state index >= 15 is 0 Å². The smallest absolute Gasteiger partial charge is 0.274 e. The summed E-state index contributed by atoms with van der Waals surface area (Å²) in [5, 5.41) is 2.59. The first-order valence-corrected chi connectivity index (χ1v) is 14.2. The molecule has 1 aliphatic carbocycles. The molecule has 0 saturated heterocycles. The van der Waals surface area contributed by atoms with E-state index in [2.05, 4.69) is 27.0 Å². The first kappa shape index (κ1) is 25.8. The second-order valence-corrected chi connectivity index (χ2v) is 11.4. The summed E-state index contributed by atoms with van der Waals surface area (Å²) in [5.74, 6) is -0.977. The van der Waals surface area contributed by atoms with E-state index < -0.39 is 21.7 Å². The Balaban J connectivity index is 1.47. The van der Waals surface area contributed by atoms with Gasteiger partial charge in [-0.15, -0.1) is 0 Å². The number of amides is 1. The van der Waals surface area contributed by atoms with Crippen molar-refractivity contribution in [1.29, 1.82) is 0 Å². The Bertz CT molecular complexity index is 1480. The van der Waals surface area contributed by atoms with Gasteiger partial charge in [0.05, 0.1) is 10.5 Å². The Morgan fingerprint density at radius 2 is 1.68 bits per heavy atom. The Labute approximate surface area is 222 Å². The van der Waals surface area contributed by atoms with Crippen LogP contribution in [0.15, 0.2) is 83.5 Å². The van der Waals surface area contributed by atoms with Crippen LogP contribution < -0.4 is 10.0 Å². The van der Waals surface area contributed by atoms with E-state index in [4.69, 9.17) is 0 Å². The molecular weight excluding hydrogens is 500 g/mol. The Morgan fingerprint density at radius 1 is 0.974 bits per heavy atom. The van der Waals surface area contributed by atoms with Gasteiger partial charge in [-0.25, -0.2) is 13.4 Å². The fraction of sp³-hybridized carbons (Fsp3) is 0.276. The summed E-state index contributed by atoms with van der Waals surface area (Å²) in [4.78, 5) is 33.4. The quantitative estimate of drug-likeness (QED) is 0.439. The molecule has 0 spiro atoms. The van der Waals surface area contributed by atoms with E-state index in [-0.39, 0.29) is 27.5 Å². The fourth-order valence-corrected chi connectivity index (χ4v) is 6.43. The van der Waals surface area contributed by atoms with Gasteiger partial charge in [0.15, 0.2) is 5.78 Å². The highest BCUT2D eigenvalue weighted by molar-refractivity contribution is 7.89. The normalized spacial score (nSPS) is 17.0. The van der Waals surface area contributed by atoms with Crippen molar-refractivity contribution in [3.05, 3.63) is 95.3 Å². The zero-order valence-electron chi connectivity index (χ0n) is 21.2. The lowest BCUT2D eigenvalue weighted by molar-refractivity contribution is -0.113. The fourth-order valence-electron chi connectivity index (χ4n) is 5.14. The molecule has 196 valence electrons. The molecule has 2 aromatic carbocycles. The van der Waals surface area contributed by atoms with Crippen molar-refractivity contribution in [3.8, 4) is 0 Å². The van der Waals surface area contributed by atoms with Crippen LogP contribution >= 0.6 is 0 Å². The molecule has 38 heavy (non-hydrogen) atoms. The number of aromatic nitrogens is 1. The van der Waals surface area contributed by atoms with Crippen molar-refractivity contribution in [2.24, 2.45) is 0 Å². The van der Waals surface area contributed by atoms with E-state index in [0.717, 1.165) is 12.1 Å². The van der Waals surface area contributed by atoms with Crippen molar-refractivity contribution in [2.75, 3.05) is 12.4 Å². The Hall–Kier alpha value is -3.82. The highest BCUT2D eigenvalue weighted by atomic mass is 32.2. The maximum Gasteiger partial charge on any atom is 0.274 e. The van der Waals surface area contributed by atoms with Crippen LogP contribution in [0.5, 0.6) is 0 Å². The summed E-state index contributed by atoms with van der Waals surface area (Å²) in [7, 11) is -1.92. The first-order chi connectivity index (χ1) is 18.3. The molecule has 5 rings (SSSR count). The molecule has 2 aliphatic rings. The van der Waals surface area contributed by atoms with Gasteiger partial charge in [-0.05, 0) is 43.7 Å². The third-order valence-electron chi connectivity index (χ3n) is 7.14. The standard InChI is InChI=1S/C29H30N4O4S/c1-33(22-9-3-2-4-10-22)19-20-14-16-21(17-15-20)28(34)26-23-11-5-6-12-24(23)38(36,37)32-27(26)29(35)31-25-13-7-8-18-30-25/h5-8,11-18,22,32H,2-4,9-10,19H2,1H3,(H,30,31,35). The maximum atomic E-state index is 13.8. The predicted octanol–water partition coefficient (Wildman–Crippen LogP) is 4.37. The van der Waals surface area contributed by atoms with Gasteiger partial charge >= 0.3 is 0 Å². The van der Waals surface area contributed by atoms with Crippen molar-refractivity contribution in [1.82, 2.24) is 14.6 Å². The van der Waals surface area contributed by atoms with E-state index in [1.807, 2.05) is 12.1 Å². The topological polar surface area (TPSA) is 108 Å². The Kier molecular flexibility index (Phi) is 7.40. The molecule has 1 amide bonds. The van der Waals surface area contributed by atoms with Crippen LogP contribution in [-0.4, -0.2) is 43.1 Å². The van der Waals surface area contributed by atoms with Crippen LogP contribution in [0.2, 0.25) is 0 Å². The number of carbonyl (C=O) groups is 2. The lowest BCUT2D eigenvalue weighted by atomic mass is 9.93. The Morgan fingerprint density at radius 3 is 2.39 bits per heavy atom. The average molecular weight is 531 g/mol. The largest absolute Gasteiger partial charge is 0.305 e. The van der Waals surface area contributed by atoms with Crippen LogP contribution in [0.1, 0.15) is 53.6 Å². The van der Waals surface area contributed by atoms with Crippen LogP contribution in [0.25, 0.3) is 5.57 Å². The molecule has 9 heteroatoms. The van der Waals surface area contributed by atoms with E-state index in [9.17, 15) is 18.0 Å². The number of anilines is 1.